The number of hydrogen-bond acceptors (Lipinski definition) is 4. The summed E-state index contributed by atoms with van der Waals surface area (Å²) in [6, 6.07) is 16.1. The van der Waals surface area contributed by atoms with Gasteiger partial charge in [-0.3, -0.25) is 4.55 Å². The second kappa shape index (κ2) is 10.2. The number of benzene rings is 2. The van der Waals surface area contributed by atoms with Gasteiger partial charge in [-0.25, -0.2) is 0 Å². The first-order valence-electron chi connectivity index (χ1n) is 7.64. The van der Waals surface area contributed by atoms with Crippen molar-refractivity contribution in [3.05, 3.63) is 65.7 Å². The molecule has 5 nitrogen and oxygen atoms in total. The third-order valence-electron chi connectivity index (χ3n) is 3.05. The fourth-order valence-electron chi connectivity index (χ4n) is 1.78. The highest BCUT2D eigenvalue weighted by molar-refractivity contribution is 7.85. The van der Waals surface area contributed by atoms with E-state index >= 15 is 0 Å². The van der Waals surface area contributed by atoms with Crippen LogP contribution in [0.5, 0.6) is 0 Å². The Kier molecular flexibility index (Phi) is 8.63. The van der Waals surface area contributed by atoms with E-state index in [1.54, 1.807) is 12.1 Å². The van der Waals surface area contributed by atoms with E-state index in [0.717, 1.165) is 5.56 Å². The predicted molar refractivity (Wildman–Crippen MR) is 93.3 cm³/mol. The van der Waals surface area contributed by atoms with E-state index in [4.69, 9.17) is 14.0 Å². The van der Waals surface area contributed by atoms with Crippen LogP contribution in [-0.2, 0) is 26.2 Å². The van der Waals surface area contributed by atoms with Crippen molar-refractivity contribution in [2.24, 2.45) is 0 Å². The van der Waals surface area contributed by atoms with Gasteiger partial charge < -0.3 is 9.47 Å². The molecule has 0 aliphatic rings. The topological polar surface area (TPSA) is 72.8 Å². The van der Waals surface area contributed by atoms with Crippen molar-refractivity contribution in [2.75, 3.05) is 6.61 Å². The first kappa shape index (κ1) is 20.3. The molecule has 0 amide bonds. The molecule has 6 heteroatoms. The number of ether oxygens (including phenoxy) is 2. The molecule has 1 atom stereocenters. The van der Waals surface area contributed by atoms with Crippen LogP contribution in [0.15, 0.2) is 59.5 Å². The average molecular weight is 352 g/mol. The summed E-state index contributed by atoms with van der Waals surface area (Å²) >= 11 is 0. The van der Waals surface area contributed by atoms with Crippen molar-refractivity contribution in [3.8, 4) is 0 Å². The molecule has 0 unspecified atom stereocenters. The lowest BCUT2D eigenvalue weighted by Crippen LogP contribution is -2.12. The van der Waals surface area contributed by atoms with Crippen LogP contribution in [0.1, 0.15) is 25.0 Å². The zero-order valence-corrected chi connectivity index (χ0v) is 15.0. The van der Waals surface area contributed by atoms with Crippen molar-refractivity contribution in [3.63, 3.8) is 0 Å². The third-order valence-corrected chi connectivity index (χ3v) is 3.92. The van der Waals surface area contributed by atoms with Crippen LogP contribution >= 0.6 is 0 Å². The maximum absolute atomic E-state index is 10.5. The fourth-order valence-corrected chi connectivity index (χ4v) is 2.26. The molecule has 0 bridgehead atoms. The summed E-state index contributed by atoms with van der Waals surface area (Å²) in [6.45, 7) is 7.01. The molecule has 0 saturated carbocycles. The van der Waals surface area contributed by atoms with Crippen LogP contribution in [0.3, 0.4) is 0 Å². The summed E-state index contributed by atoms with van der Waals surface area (Å²) in [5.41, 5.74) is 2.13. The van der Waals surface area contributed by atoms with Crippen LogP contribution in [0.2, 0.25) is 0 Å². The van der Waals surface area contributed by atoms with E-state index in [9.17, 15) is 8.42 Å². The van der Waals surface area contributed by atoms with Crippen LogP contribution in [0, 0.1) is 6.92 Å². The molecule has 0 spiro atoms. The van der Waals surface area contributed by atoms with E-state index in [1.165, 1.54) is 17.7 Å². The number of aryl methyl sites for hydroxylation is 1. The Balaban J connectivity index is 0.000000243. The Morgan fingerprint density at radius 2 is 1.58 bits per heavy atom. The van der Waals surface area contributed by atoms with Gasteiger partial charge in [-0.05, 0) is 38.5 Å². The molecule has 0 fully saturated rings. The molecular formula is C18H24O5S. The summed E-state index contributed by atoms with van der Waals surface area (Å²) in [5.74, 6) is 0. The second-order valence-corrected chi connectivity index (χ2v) is 6.53. The standard InChI is InChI=1S/C11H16O2.C7H8O3S/c1-3-12-10(2)13-9-11-7-5-4-6-8-11;1-6-2-4-7(5-3-6)11(8,9)10/h4-8,10H,3,9H2,1-2H3;2-5H,1H3,(H,8,9,10)/t10-;/m0./s1. The Bertz CT molecular complexity index is 681. The van der Waals surface area contributed by atoms with E-state index in [-0.39, 0.29) is 11.2 Å². The highest BCUT2D eigenvalue weighted by Crippen LogP contribution is 2.08. The van der Waals surface area contributed by atoms with E-state index in [2.05, 4.69) is 0 Å². The summed E-state index contributed by atoms with van der Waals surface area (Å²) in [7, 11) is -4.02. The number of rotatable bonds is 6. The zero-order chi connectivity index (χ0) is 18.0. The third kappa shape index (κ3) is 8.21. The lowest BCUT2D eigenvalue weighted by molar-refractivity contribution is -0.134. The van der Waals surface area contributed by atoms with Gasteiger partial charge in [0.2, 0.25) is 0 Å². The lowest BCUT2D eigenvalue weighted by atomic mass is 10.2. The highest BCUT2D eigenvalue weighted by atomic mass is 32.2. The molecule has 0 aromatic heterocycles. The van der Waals surface area contributed by atoms with Gasteiger partial charge in [0.15, 0.2) is 6.29 Å². The van der Waals surface area contributed by atoms with Gasteiger partial charge in [-0.2, -0.15) is 8.42 Å². The second-order valence-electron chi connectivity index (χ2n) is 5.11. The van der Waals surface area contributed by atoms with Gasteiger partial charge >= 0.3 is 0 Å². The van der Waals surface area contributed by atoms with Crippen molar-refractivity contribution in [1.29, 1.82) is 0 Å². The largest absolute Gasteiger partial charge is 0.353 e. The molecule has 1 N–H and O–H groups in total. The predicted octanol–water partition coefficient (Wildman–Crippen LogP) is 3.83. The minimum absolute atomic E-state index is 0.0666. The molecule has 2 aromatic rings. The molecule has 0 aliphatic carbocycles. The molecule has 0 saturated heterocycles. The Labute approximate surface area is 144 Å². The van der Waals surface area contributed by atoms with Crippen molar-refractivity contribution < 1.29 is 22.4 Å². The molecule has 0 radical (unpaired) electrons. The smallest absolute Gasteiger partial charge is 0.294 e. The van der Waals surface area contributed by atoms with Crippen LogP contribution in [0.4, 0.5) is 0 Å². The van der Waals surface area contributed by atoms with E-state index in [1.807, 2.05) is 51.1 Å². The van der Waals surface area contributed by atoms with Gasteiger partial charge in [0.05, 0.1) is 11.5 Å². The van der Waals surface area contributed by atoms with Crippen LogP contribution in [0.25, 0.3) is 0 Å². The highest BCUT2D eigenvalue weighted by Gasteiger charge is 2.06. The first-order chi connectivity index (χ1) is 11.3. The van der Waals surface area contributed by atoms with E-state index < -0.39 is 10.1 Å². The summed E-state index contributed by atoms with van der Waals surface area (Å²) in [5, 5.41) is 0. The van der Waals surface area contributed by atoms with Gasteiger partial charge in [-0.15, -0.1) is 0 Å². The van der Waals surface area contributed by atoms with Gasteiger partial charge in [0, 0.05) is 6.61 Å². The SMILES string of the molecule is CCO[C@H](C)OCc1ccccc1.Cc1ccc(S(=O)(=O)O)cc1. The molecule has 0 heterocycles. The van der Waals surface area contributed by atoms with Gasteiger partial charge in [-0.1, -0.05) is 48.0 Å². The maximum atomic E-state index is 10.5. The Hall–Kier alpha value is -1.73. The van der Waals surface area contributed by atoms with Crippen LogP contribution in [-0.4, -0.2) is 25.9 Å². The molecule has 2 rings (SSSR count). The normalized spacial score (nSPS) is 12.2. The minimum Gasteiger partial charge on any atom is -0.353 e. The van der Waals surface area contributed by atoms with Gasteiger partial charge in [0.25, 0.3) is 10.1 Å². The van der Waals surface area contributed by atoms with Crippen molar-refractivity contribution >= 4 is 10.1 Å². The molecular weight excluding hydrogens is 328 g/mol. The molecule has 2 aromatic carbocycles. The van der Waals surface area contributed by atoms with E-state index in [0.29, 0.717) is 13.2 Å². The number of hydrogen-bond donors (Lipinski definition) is 1. The van der Waals surface area contributed by atoms with Gasteiger partial charge in [0.1, 0.15) is 0 Å². The average Bonchev–Trinajstić information content (AvgIpc) is 2.54. The zero-order valence-electron chi connectivity index (χ0n) is 14.2. The Morgan fingerprint density at radius 1 is 1.00 bits per heavy atom. The lowest BCUT2D eigenvalue weighted by Gasteiger charge is -2.12. The quantitative estimate of drug-likeness (QED) is 0.632. The fraction of sp³-hybridized carbons (Fsp3) is 0.333. The molecule has 0 aliphatic heterocycles. The summed E-state index contributed by atoms with van der Waals surface area (Å²) in [6.07, 6.45) is -0.120. The molecule has 24 heavy (non-hydrogen) atoms. The van der Waals surface area contributed by atoms with Crippen molar-refractivity contribution in [1.82, 2.24) is 0 Å². The minimum atomic E-state index is -4.02. The molecule has 132 valence electrons. The van der Waals surface area contributed by atoms with Crippen molar-refractivity contribution in [2.45, 2.75) is 38.6 Å². The maximum Gasteiger partial charge on any atom is 0.294 e. The Morgan fingerprint density at radius 3 is 2.08 bits per heavy atom. The first-order valence-corrected chi connectivity index (χ1v) is 9.08. The summed E-state index contributed by atoms with van der Waals surface area (Å²) < 4.78 is 40.2. The monoisotopic (exact) mass is 352 g/mol. The van der Waals surface area contributed by atoms with Crippen LogP contribution < -0.4 is 0 Å². The summed E-state index contributed by atoms with van der Waals surface area (Å²) in [4.78, 5) is -0.0666.